The molecule has 0 fully saturated rings. The van der Waals surface area contributed by atoms with Crippen molar-refractivity contribution in [2.45, 2.75) is 32.1 Å². The quantitative estimate of drug-likeness (QED) is 0.329. The lowest BCUT2D eigenvalue weighted by atomic mass is 10.1. The lowest BCUT2D eigenvalue weighted by Gasteiger charge is -1.96. The second kappa shape index (κ2) is 7.45. The molecule has 0 aromatic carbocycles. The van der Waals surface area contributed by atoms with E-state index in [-0.39, 0.29) is 22.9 Å². The molecule has 0 unspecified atom stereocenters. The number of nitrogens with zero attached hydrogens (tertiary/aromatic N) is 2. The summed E-state index contributed by atoms with van der Waals surface area (Å²) in [5, 5.41) is 19.8. The zero-order valence-electron chi connectivity index (χ0n) is 7.48. The van der Waals surface area contributed by atoms with Gasteiger partial charge in [-0.05, 0) is 12.8 Å². The van der Waals surface area contributed by atoms with Crippen molar-refractivity contribution in [2.75, 3.05) is 13.1 Å². The van der Waals surface area contributed by atoms with Gasteiger partial charge in [-0.15, -0.1) is 0 Å². The van der Waals surface area contributed by atoms with Crippen LogP contribution in [-0.4, -0.2) is 22.9 Å². The highest BCUT2D eigenvalue weighted by Crippen LogP contribution is 2.02. The van der Waals surface area contributed by atoms with E-state index in [2.05, 4.69) is 0 Å². The summed E-state index contributed by atoms with van der Waals surface area (Å²) in [7, 11) is 0. The van der Waals surface area contributed by atoms with Crippen molar-refractivity contribution < 1.29 is 9.85 Å². The van der Waals surface area contributed by atoms with E-state index < -0.39 is 0 Å². The molecule has 0 N–H and O–H groups in total. The normalized spacial score (nSPS) is 9.85. The summed E-state index contributed by atoms with van der Waals surface area (Å²) in [6.45, 7) is 0.0183. The van der Waals surface area contributed by atoms with Gasteiger partial charge >= 0.3 is 0 Å². The average molecular weight is 190 g/mol. The van der Waals surface area contributed by atoms with Gasteiger partial charge in [-0.3, -0.25) is 20.2 Å². The van der Waals surface area contributed by atoms with Gasteiger partial charge in [0.1, 0.15) is 0 Å². The molecule has 0 radical (unpaired) electrons. The lowest BCUT2D eigenvalue weighted by molar-refractivity contribution is -0.481. The van der Waals surface area contributed by atoms with Crippen LogP contribution in [0.25, 0.3) is 0 Å². The third kappa shape index (κ3) is 10.8. The van der Waals surface area contributed by atoms with Gasteiger partial charge in [0.2, 0.25) is 13.1 Å². The Hall–Kier alpha value is -1.20. The molecule has 76 valence electrons. The van der Waals surface area contributed by atoms with Gasteiger partial charge in [-0.25, -0.2) is 0 Å². The van der Waals surface area contributed by atoms with Crippen LogP contribution < -0.4 is 0 Å². The van der Waals surface area contributed by atoms with E-state index in [1.165, 1.54) is 0 Å². The minimum absolute atomic E-state index is 0.00916. The summed E-state index contributed by atoms with van der Waals surface area (Å²) in [5.74, 6) is 0. The third-order valence-corrected chi connectivity index (χ3v) is 1.68. The summed E-state index contributed by atoms with van der Waals surface area (Å²) in [4.78, 5) is 19.1. The van der Waals surface area contributed by atoms with Crippen LogP contribution in [0.5, 0.6) is 0 Å². The Labute approximate surface area is 76.2 Å². The summed E-state index contributed by atoms with van der Waals surface area (Å²) in [6, 6.07) is 0. The zero-order chi connectivity index (χ0) is 10.1. The monoisotopic (exact) mass is 190 g/mol. The first kappa shape index (κ1) is 11.8. The summed E-state index contributed by atoms with van der Waals surface area (Å²) < 4.78 is 0. The van der Waals surface area contributed by atoms with E-state index in [1.807, 2.05) is 0 Å². The van der Waals surface area contributed by atoms with Gasteiger partial charge in [0.15, 0.2) is 0 Å². The molecule has 6 heteroatoms. The molecule has 0 bridgehead atoms. The molecular weight excluding hydrogens is 176 g/mol. The molecule has 0 aliphatic carbocycles. The number of hydrogen-bond acceptors (Lipinski definition) is 4. The molecule has 0 atom stereocenters. The molecule has 0 saturated heterocycles. The molecule has 6 nitrogen and oxygen atoms in total. The molecule has 0 rings (SSSR count). The maximum absolute atomic E-state index is 9.89. The van der Waals surface area contributed by atoms with Crippen molar-refractivity contribution in [2.24, 2.45) is 0 Å². The van der Waals surface area contributed by atoms with Gasteiger partial charge < -0.3 is 0 Å². The first-order valence-corrected chi connectivity index (χ1v) is 4.36. The van der Waals surface area contributed by atoms with E-state index in [9.17, 15) is 20.2 Å². The Morgan fingerprint density at radius 1 is 0.692 bits per heavy atom. The third-order valence-electron chi connectivity index (χ3n) is 1.68. The second-order valence-corrected chi connectivity index (χ2v) is 2.88. The van der Waals surface area contributed by atoms with Crippen LogP contribution in [0.2, 0.25) is 0 Å². The highest BCUT2D eigenvalue weighted by Gasteiger charge is 1.99. The van der Waals surface area contributed by atoms with Crippen molar-refractivity contribution in [3.63, 3.8) is 0 Å². The predicted molar refractivity (Wildman–Crippen MR) is 46.8 cm³/mol. The molecule has 0 aromatic heterocycles. The molecule has 0 aliphatic rings. The van der Waals surface area contributed by atoms with E-state index in [4.69, 9.17) is 0 Å². The van der Waals surface area contributed by atoms with Crippen LogP contribution in [0, 0.1) is 20.2 Å². The first-order valence-electron chi connectivity index (χ1n) is 4.36. The van der Waals surface area contributed by atoms with E-state index in [1.54, 1.807) is 0 Å². The van der Waals surface area contributed by atoms with Crippen LogP contribution in [0.15, 0.2) is 0 Å². The standard InChI is InChI=1S/C7H14N2O4/c10-8(11)6-4-2-1-3-5-7-9(12)13/h1-7H2. The van der Waals surface area contributed by atoms with Gasteiger partial charge in [0.25, 0.3) is 0 Å². The van der Waals surface area contributed by atoms with Gasteiger partial charge in [-0.2, -0.15) is 0 Å². The van der Waals surface area contributed by atoms with Crippen LogP contribution in [0.1, 0.15) is 32.1 Å². The highest BCUT2D eigenvalue weighted by atomic mass is 16.6. The number of rotatable bonds is 8. The molecule has 0 saturated carbocycles. The molecular formula is C7H14N2O4. The Morgan fingerprint density at radius 3 is 1.31 bits per heavy atom. The van der Waals surface area contributed by atoms with Gasteiger partial charge in [0.05, 0.1) is 0 Å². The summed E-state index contributed by atoms with van der Waals surface area (Å²) in [5.41, 5.74) is 0. The SMILES string of the molecule is O=[N+]([O-])CCCCCCC[N+](=O)[O-]. The number of nitro groups is 2. The van der Waals surface area contributed by atoms with E-state index in [0.717, 1.165) is 19.3 Å². The van der Waals surface area contributed by atoms with Gasteiger partial charge in [0, 0.05) is 22.7 Å². The Balaban J connectivity index is 3.00. The fourth-order valence-corrected chi connectivity index (χ4v) is 1.01. The zero-order valence-corrected chi connectivity index (χ0v) is 7.48. The van der Waals surface area contributed by atoms with Crippen molar-refractivity contribution in [1.29, 1.82) is 0 Å². The minimum Gasteiger partial charge on any atom is -0.265 e. The Kier molecular flexibility index (Phi) is 6.76. The van der Waals surface area contributed by atoms with E-state index in [0.29, 0.717) is 12.8 Å². The molecule has 0 heterocycles. The fourth-order valence-electron chi connectivity index (χ4n) is 1.01. The molecule has 0 amide bonds. The lowest BCUT2D eigenvalue weighted by Crippen LogP contribution is -2.01. The van der Waals surface area contributed by atoms with Crippen molar-refractivity contribution >= 4 is 0 Å². The predicted octanol–water partition coefficient (Wildman–Crippen LogP) is 1.49. The Bertz CT molecular complexity index is 154. The topological polar surface area (TPSA) is 86.3 Å². The van der Waals surface area contributed by atoms with E-state index >= 15 is 0 Å². The Morgan fingerprint density at radius 2 is 1.00 bits per heavy atom. The first-order chi connectivity index (χ1) is 6.13. The fraction of sp³-hybridized carbons (Fsp3) is 1.00. The van der Waals surface area contributed by atoms with Crippen LogP contribution >= 0.6 is 0 Å². The summed E-state index contributed by atoms with van der Waals surface area (Å²) in [6.07, 6.45) is 3.58. The van der Waals surface area contributed by atoms with Crippen LogP contribution in [-0.2, 0) is 0 Å². The number of unbranched alkanes of at least 4 members (excludes halogenated alkanes) is 4. The van der Waals surface area contributed by atoms with Crippen LogP contribution in [0.3, 0.4) is 0 Å². The second-order valence-electron chi connectivity index (χ2n) is 2.88. The summed E-state index contributed by atoms with van der Waals surface area (Å²) >= 11 is 0. The largest absolute Gasteiger partial charge is 0.265 e. The minimum atomic E-state index is -0.336. The van der Waals surface area contributed by atoms with Crippen LogP contribution in [0.4, 0.5) is 0 Å². The highest BCUT2D eigenvalue weighted by molar-refractivity contribution is 4.43. The van der Waals surface area contributed by atoms with Crippen molar-refractivity contribution in [3.8, 4) is 0 Å². The van der Waals surface area contributed by atoms with Crippen molar-refractivity contribution in [1.82, 2.24) is 0 Å². The maximum atomic E-state index is 9.89. The molecule has 0 spiro atoms. The smallest absolute Gasteiger partial charge is 0.203 e. The molecule has 0 aromatic rings. The van der Waals surface area contributed by atoms with Crippen molar-refractivity contribution in [3.05, 3.63) is 20.2 Å². The molecule has 13 heavy (non-hydrogen) atoms. The average Bonchev–Trinajstić information content (AvgIpc) is 2.01. The maximum Gasteiger partial charge on any atom is 0.203 e. The van der Waals surface area contributed by atoms with Gasteiger partial charge in [-0.1, -0.05) is 6.42 Å². The number of hydrogen-bond donors (Lipinski definition) is 0. The molecule has 0 aliphatic heterocycles.